The largest absolute Gasteiger partial charge is 0.416 e. The molecule has 0 unspecified atom stereocenters. The minimum absolute atomic E-state index is 0.0590. The number of hydrogen-bond acceptors (Lipinski definition) is 8. The summed E-state index contributed by atoms with van der Waals surface area (Å²) in [7, 11) is 1.61. The second-order valence-corrected chi connectivity index (χ2v) is 10.4. The first-order valence-electron chi connectivity index (χ1n) is 11.8. The number of nitrogens with zero attached hydrogens (tertiary/aromatic N) is 3. The molecule has 0 saturated carbocycles. The normalized spacial score (nSPS) is 11.3. The Kier molecular flexibility index (Phi) is 8.22. The van der Waals surface area contributed by atoms with Crippen LogP contribution < -0.4 is 10.1 Å². The van der Waals surface area contributed by atoms with Gasteiger partial charge in [-0.25, -0.2) is 15.0 Å². The zero-order valence-electron chi connectivity index (χ0n) is 21.0. The van der Waals surface area contributed by atoms with Crippen LogP contribution in [0, 0.1) is 6.92 Å². The monoisotopic (exact) mass is 600 g/mol. The van der Waals surface area contributed by atoms with Gasteiger partial charge in [0.25, 0.3) is 0 Å². The number of nitrogens with one attached hydrogen (secondary N) is 1. The number of benzene rings is 2. The van der Waals surface area contributed by atoms with Crippen LogP contribution >= 0.6 is 34.5 Å². The standard InChI is InChI=1S/C28H20Cl2F2N4O3S/c1-14-11-20(35-27(18(14)12-37)39-28(31)32)17-7-3-5-15(23(17)29)16-6-4-8-19(24(16)30)34-26-25-21(9-10-33-26)40-22(36-25)13-38-2/h3-12,28H,13H2,1-2H3,(H,33,34). The molecule has 12 heteroatoms. The number of thiazole rings is 1. The molecule has 3 heterocycles. The number of aryl methyl sites for hydroxylation is 1. The topological polar surface area (TPSA) is 86.2 Å². The maximum Gasteiger partial charge on any atom is 0.388 e. The van der Waals surface area contributed by atoms with E-state index in [0.29, 0.717) is 62.2 Å². The highest BCUT2D eigenvalue weighted by Gasteiger charge is 2.20. The zero-order chi connectivity index (χ0) is 28.4. The summed E-state index contributed by atoms with van der Waals surface area (Å²) in [5.74, 6) is 0.0691. The first-order chi connectivity index (χ1) is 19.3. The van der Waals surface area contributed by atoms with Crippen molar-refractivity contribution in [3.8, 4) is 28.3 Å². The van der Waals surface area contributed by atoms with E-state index in [9.17, 15) is 13.6 Å². The smallest absolute Gasteiger partial charge is 0.388 e. The van der Waals surface area contributed by atoms with Gasteiger partial charge in [0.1, 0.15) is 10.5 Å². The van der Waals surface area contributed by atoms with Crippen LogP contribution in [0.15, 0.2) is 54.7 Å². The van der Waals surface area contributed by atoms with E-state index in [0.717, 1.165) is 9.71 Å². The van der Waals surface area contributed by atoms with Crippen LogP contribution in [0.3, 0.4) is 0 Å². The number of aldehydes is 1. The summed E-state index contributed by atoms with van der Waals surface area (Å²) in [6.07, 6.45) is 2.12. The van der Waals surface area contributed by atoms with Crippen molar-refractivity contribution in [3.63, 3.8) is 0 Å². The van der Waals surface area contributed by atoms with Crippen LogP contribution in [0.4, 0.5) is 20.3 Å². The lowest BCUT2D eigenvalue weighted by molar-refractivity contribution is -0.0530. The number of alkyl halides is 2. The Morgan fingerprint density at radius 1 is 1.05 bits per heavy atom. The molecule has 1 N–H and O–H groups in total. The lowest BCUT2D eigenvalue weighted by Crippen LogP contribution is -2.08. The number of ether oxygens (including phenoxy) is 2. The number of anilines is 2. The molecule has 204 valence electrons. The van der Waals surface area contributed by atoms with Gasteiger partial charge in [0.2, 0.25) is 5.88 Å². The first-order valence-corrected chi connectivity index (χ1v) is 13.4. The molecule has 0 aliphatic heterocycles. The average molecular weight is 601 g/mol. The van der Waals surface area contributed by atoms with Crippen molar-refractivity contribution in [2.24, 2.45) is 0 Å². The van der Waals surface area contributed by atoms with Gasteiger partial charge >= 0.3 is 6.61 Å². The summed E-state index contributed by atoms with van der Waals surface area (Å²) in [5, 5.41) is 4.77. The van der Waals surface area contributed by atoms with Crippen molar-refractivity contribution in [2.45, 2.75) is 20.1 Å². The van der Waals surface area contributed by atoms with Gasteiger partial charge in [-0.1, -0.05) is 53.5 Å². The molecule has 0 amide bonds. The lowest BCUT2D eigenvalue weighted by atomic mass is 9.99. The molecular weight excluding hydrogens is 581 g/mol. The number of rotatable bonds is 9. The van der Waals surface area contributed by atoms with Crippen LogP contribution in [0.2, 0.25) is 10.0 Å². The third kappa shape index (κ3) is 5.48. The first kappa shape index (κ1) is 27.9. The molecule has 0 bridgehead atoms. The summed E-state index contributed by atoms with van der Waals surface area (Å²) in [6, 6.07) is 14.1. The Morgan fingerprint density at radius 3 is 2.50 bits per heavy atom. The van der Waals surface area contributed by atoms with E-state index in [1.807, 2.05) is 24.3 Å². The predicted octanol–water partition coefficient (Wildman–Crippen LogP) is 8.34. The molecule has 0 aliphatic rings. The van der Waals surface area contributed by atoms with Crippen molar-refractivity contribution in [1.82, 2.24) is 15.0 Å². The van der Waals surface area contributed by atoms with Gasteiger partial charge < -0.3 is 14.8 Å². The van der Waals surface area contributed by atoms with Gasteiger partial charge in [-0.3, -0.25) is 4.79 Å². The zero-order valence-corrected chi connectivity index (χ0v) is 23.4. The number of fused-ring (bicyclic) bond motifs is 1. The number of pyridine rings is 2. The molecule has 40 heavy (non-hydrogen) atoms. The molecule has 0 atom stereocenters. The highest BCUT2D eigenvalue weighted by atomic mass is 35.5. The van der Waals surface area contributed by atoms with E-state index in [2.05, 4.69) is 25.0 Å². The summed E-state index contributed by atoms with van der Waals surface area (Å²) in [6.45, 7) is -1.15. The van der Waals surface area contributed by atoms with Gasteiger partial charge in [0.05, 0.1) is 38.3 Å². The molecule has 0 radical (unpaired) electrons. The van der Waals surface area contributed by atoms with Crippen LogP contribution in [-0.4, -0.2) is 35.0 Å². The van der Waals surface area contributed by atoms with E-state index >= 15 is 0 Å². The molecule has 3 aromatic heterocycles. The van der Waals surface area contributed by atoms with Crippen molar-refractivity contribution in [3.05, 3.63) is 80.9 Å². The molecular formula is C28H20Cl2F2N4O3S. The van der Waals surface area contributed by atoms with Crippen LogP contribution in [0.25, 0.3) is 32.6 Å². The number of methoxy groups -OCH3 is 1. The van der Waals surface area contributed by atoms with Gasteiger partial charge in [-0.15, -0.1) is 11.3 Å². The van der Waals surface area contributed by atoms with Crippen LogP contribution in [0.5, 0.6) is 5.88 Å². The number of carbonyl (C=O) groups excluding carboxylic acids is 1. The quantitative estimate of drug-likeness (QED) is 0.170. The molecule has 0 aliphatic carbocycles. The Hall–Kier alpha value is -3.70. The molecule has 0 spiro atoms. The van der Waals surface area contributed by atoms with E-state index in [1.165, 1.54) is 11.3 Å². The molecule has 2 aromatic carbocycles. The summed E-state index contributed by atoms with van der Waals surface area (Å²) in [4.78, 5) is 24.7. The van der Waals surface area contributed by atoms with Crippen molar-refractivity contribution in [2.75, 3.05) is 12.4 Å². The van der Waals surface area contributed by atoms with Gasteiger partial charge in [0, 0.05) is 30.0 Å². The Labute approximate surface area is 241 Å². The second kappa shape index (κ2) is 11.8. The predicted molar refractivity (Wildman–Crippen MR) is 153 cm³/mol. The second-order valence-electron chi connectivity index (χ2n) is 8.55. The van der Waals surface area contributed by atoms with Crippen LogP contribution in [0.1, 0.15) is 20.9 Å². The van der Waals surface area contributed by atoms with Crippen molar-refractivity contribution >= 4 is 62.5 Å². The number of hydrogen-bond donors (Lipinski definition) is 1. The molecule has 0 saturated heterocycles. The summed E-state index contributed by atoms with van der Waals surface area (Å²) >= 11 is 15.2. The summed E-state index contributed by atoms with van der Waals surface area (Å²) < 4.78 is 36.6. The van der Waals surface area contributed by atoms with Crippen molar-refractivity contribution < 1.29 is 23.0 Å². The average Bonchev–Trinajstić information content (AvgIpc) is 3.34. The fraction of sp³-hybridized carbons (Fsp3) is 0.143. The van der Waals surface area contributed by atoms with E-state index < -0.39 is 12.5 Å². The van der Waals surface area contributed by atoms with E-state index in [-0.39, 0.29) is 11.3 Å². The third-order valence-electron chi connectivity index (χ3n) is 5.99. The molecule has 5 aromatic rings. The molecule has 0 fully saturated rings. The molecule has 5 rings (SSSR count). The van der Waals surface area contributed by atoms with E-state index in [1.54, 1.807) is 44.5 Å². The minimum atomic E-state index is -3.15. The lowest BCUT2D eigenvalue weighted by Gasteiger charge is -2.16. The Morgan fingerprint density at radius 2 is 1.77 bits per heavy atom. The minimum Gasteiger partial charge on any atom is -0.416 e. The Bertz CT molecular complexity index is 1730. The van der Waals surface area contributed by atoms with Gasteiger partial charge in [-0.05, 0) is 30.7 Å². The maximum absolute atomic E-state index is 13.0. The maximum atomic E-state index is 13.0. The Balaban J connectivity index is 1.55. The number of halogens is 4. The SMILES string of the molecule is COCc1nc2c(Nc3cccc(-c4cccc(-c5cc(C)c(C=O)c(OC(F)F)n5)c4Cl)c3Cl)nccc2s1. The van der Waals surface area contributed by atoms with Gasteiger partial charge in [-0.2, -0.15) is 8.78 Å². The fourth-order valence-corrected chi connectivity index (χ4v) is 5.72. The van der Waals surface area contributed by atoms with Crippen molar-refractivity contribution in [1.29, 1.82) is 0 Å². The molecule has 7 nitrogen and oxygen atoms in total. The van der Waals surface area contributed by atoms with Gasteiger partial charge in [0.15, 0.2) is 12.1 Å². The van der Waals surface area contributed by atoms with E-state index in [4.69, 9.17) is 27.9 Å². The third-order valence-corrected chi connectivity index (χ3v) is 7.79. The number of aromatic nitrogens is 3. The fourth-order valence-electron chi connectivity index (χ4n) is 4.19. The highest BCUT2D eigenvalue weighted by molar-refractivity contribution is 7.18. The van der Waals surface area contributed by atoms with Crippen LogP contribution in [-0.2, 0) is 11.3 Å². The summed E-state index contributed by atoms with van der Waals surface area (Å²) in [5.41, 5.74) is 3.56. The number of carbonyl (C=O) groups is 1. The highest BCUT2D eigenvalue weighted by Crippen LogP contribution is 2.42.